The monoisotopic (exact) mass is 248 g/mol. The Morgan fingerprint density at radius 1 is 1.44 bits per heavy atom. The van der Waals surface area contributed by atoms with Crippen LogP contribution >= 0.6 is 0 Å². The van der Waals surface area contributed by atoms with E-state index in [1.54, 1.807) is 0 Å². The van der Waals surface area contributed by atoms with E-state index in [0.717, 1.165) is 13.1 Å². The van der Waals surface area contributed by atoms with Gasteiger partial charge in [0.15, 0.2) is 0 Å². The number of hydrogen-bond donors (Lipinski definition) is 1. The fraction of sp³-hybridized carbons (Fsp3) is 0.600. The summed E-state index contributed by atoms with van der Waals surface area (Å²) >= 11 is 0. The molecule has 100 valence electrons. The van der Waals surface area contributed by atoms with Crippen molar-refractivity contribution in [3.05, 3.63) is 29.3 Å². The van der Waals surface area contributed by atoms with E-state index in [9.17, 15) is 0 Å². The van der Waals surface area contributed by atoms with Gasteiger partial charge in [-0.2, -0.15) is 0 Å². The fourth-order valence-electron chi connectivity index (χ4n) is 2.96. The van der Waals surface area contributed by atoms with Crippen LogP contribution in [0, 0.1) is 6.92 Å². The summed E-state index contributed by atoms with van der Waals surface area (Å²) in [4.78, 5) is 2.42. The largest absolute Gasteiger partial charge is 0.369 e. The smallest absolute Gasteiger partial charge is 0.0805 e. The first-order valence-electron chi connectivity index (χ1n) is 6.64. The summed E-state index contributed by atoms with van der Waals surface area (Å²) in [7, 11) is 0. The minimum Gasteiger partial charge on any atom is -0.369 e. The predicted molar refractivity (Wildman–Crippen MR) is 75.9 cm³/mol. The molecule has 1 atom stereocenters. The first-order valence-corrected chi connectivity index (χ1v) is 6.64. The number of nitrogens with two attached hydrogens (primary N) is 1. The van der Waals surface area contributed by atoms with E-state index in [0.29, 0.717) is 6.54 Å². The van der Waals surface area contributed by atoms with E-state index in [2.05, 4.69) is 50.8 Å². The van der Waals surface area contributed by atoms with E-state index in [1.807, 2.05) is 0 Å². The van der Waals surface area contributed by atoms with Crippen molar-refractivity contribution < 1.29 is 4.74 Å². The molecular weight excluding hydrogens is 224 g/mol. The van der Waals surface area contributed by atoms with E-state index < -0.39 is 0 Å². The Kier molecular flexibility index (Phi) is 3.64. The number of hydrogen-bond acceptors (Lipinski definition) is 3. The molecule has 1 aliphatic rings. The van der Waals surface area contributed by atoms with Gasteiger partial charge in [0, 0.05) is 25.3 Å². The Balaban J connectivity index is 2.36. The standard InChI is InChI=1S/C15H24N2O/c1-11-6-5-7-13(8-16)14(11)17-9-12(2)18-15(3,4)10-17/h5-7,12H,8-10,16H2,1-4H3. The van der Waals surface area contributed by atoms with Gasteiger partial charge in [-0.05, 0) is 38.8 Å². The average Bonchev–Trinajstić information content (AvgIpc) is 2.25. The molecule has 0 amide bonds. The minimum atomic E-state index is -0.105. The Labute approximate surface area is 110 Å². The number of benzene rings is 1. The summed E-state index contributed by atoms with van der Waals surface area (Å²) in [5, 5.41) is 0. The maximum absolute atomic E-state index is 5.97. The molecule has 3 nitrogen and oxygen atoms in total. The van der Waals surface area contributed by atoms with Crippen molar-refractivity contribution in [1.82, 2.24) is 0 Å². The molecule has 1 aromatic rings. The zero-order chi connectivity index (χ0) is 13.3. The van der Waals surface area contributed by atoms with Gasteiger partial charge in [0.25, 0.3) is 0 Å². The molecule has 0 aromatic heterocycles. The SMILES string of the molecule is Cc1cccc(CN)c1N1CC(C)OC(C)(C)C1. The maximum Gasteiger partial charge on any atom is 0.0805 e. The van der Waals surface area contributed by atoms with E-state index >= 15 is 0 Å². The summed E-state index contributed by atoms with van der Waals surface area (Å²) in [6.07, 6.45) is 0.249. The Morgan fingerprint density at radius 3 is 2.78 bits per heavy atom. The van der Waals surface area contributed by atoms with Crippen molar-refractivity contribution in [2.45, 2.75) is 45.9 Å². The first kappa shape index (κ1) is 13.4. The highest BCUT2D eigenvalue weighted by Gasteiger charge is 2.32. The second-order valence-electron chi connectivity index (χ2n) is 5.86. The van der Waals surface area contributed by atoms with Crippen LogP contribution in [0.2, 0.25) is 0 Å². The molecule has 0 bridgehead atoms. The highest BCUT2D eigenvalue weighted by molar-refractivity contribution is 5.60. The third-order valence-electron chi connectivity index (χ3n) is 3.43. The number of ether oxygens (including phenoxy) is 1. The molecule has 0 saturated carbocycles. The quantitative estimate of drug-likeness (QED) is 0.873. The van der Waals surface area contributed by atoms with E-state index in [1.165, 1.54) is 16.8 Å². The summed E-state index contributed by atoms with van der Waals surface area (Å²) in [6.45, 7) is 11.0. The first-order chi connectivity index (χ1) is 8.43. The molecule has 2 rings (SSSR count). The van der Waals surface area contributed by atoms with Crippen molar-refractivity contribution in [2.75, 3.05) is 18.0 Å². The summed E-state index contributed by atoms with van der Waals surface area (Å²) in [6, 6.07) is 6.35. The molecule has 18 heavy (non-hydrogen) atoms. The normalized spacial score (nSPS) is 23.2. The molecule has 1 aliphatic heterocycles. The van der Waals surface area contributed by atoms with E-state index in [-0.39, 0.29) is 11.7 Å². The molecule has 2 N–H and O–H groups in total. The second-order valence-corrected chi connectivity index (χ2v) is 5.86. The van der Waals surface area contributed by atoms with Crippen LogP contribution in [0.1, 0.15) is 31.9 Å². The van der Waals surface area contributed by atoms with Gasteiger partial charge in [0.1, 0.15) is 0 Å². The van der Waals surface area contributed by atoms with Gasteiger partial charge in [-0.1, -0.05) is 18.2 Å². The maximum atomic E-state index is 5.97. The third-order valence-corrected chi connectivity index (χ3v) is 3.43. The van der Waals surface area contributed by atoms with Gasteiger partial charge in [-0.25, -0.2) is 0 Å². The Hall–Kier alpha value is -1.06. The lowest BCUT2D eigenvalue weighted by Crippen LogP contribution is -2.52. The summed E-state index contributed by atoms with van der Waals surface area (Å²) < 4.78 is 5.97. The van der Waals surface area contributed by atoms with Crippen LogP contribution in [0.25, 0.3) is 0 Å². The van der Waals surface area contributed by atoms with Crippen LogP contribution in [-0.4, -0.2) is 24.8 Å². The summed E-state index contributed by atoms with van der Waals surface area (Å²) in [5.74, 6) is 0. The molecule has 1 heterocycles. The lowest BCUT2D eigenvalue weighted by Gasteiger charge is -2.44. The van der Waals surface area contributed by atoms with Crippen molar-refractivity contribution in [3.8, 4) is 0 Å². The van der Waals surface area contributed by atoms with Crippen LogP contribution in [-0.2, 0) is 11.3 Å². The van der Waals surface area contributed by atoms with Gasteiger partial charge in [-0.15, -0.1) is 0 Å². The molecule has 0 aliphatic carbocycles. The number of para-hydroxylation sites is 1. The second kappa shape index (κ2) is 4.90. The molecule has 1 aromatic carbocycles. The lowest BCUT2D eigenvalue weighted by molar-refractivity contribution is -0.0750. The van der Waals surface area contributed by atoms with Crippen molar-refractivity contribution in [3.63, 3.8) is 0 Å². The molecule has 0 radical (unpaired) electrons. The van der Waals surface area contributed by atoms with Crippen LogP contribution in [0.5, 0.6) is 0 Å². The molecular formula is C15H24N2O. The van der Waals surface area contributed by atoms with Crippen molar-refractivity contribution >= 4 is 5.69 Å². The third kappa shape index (κ3) is 2.68. The Bertz CT molecular complexity index is 429. The van der Waals surface area contributed by atoms with Gasteiger partial charge < -0.3 is 15.4 Å². The highest BCUT2D eigenvalue weighted by atomic mass is 16.5. The number of anilines is 1. The molecule has 1 fully saturated rings. The predicted octanol–water partition coefficient (Wildman–Crippen LogP) is 2.46. The zero-order valence-corrected chi connectivity index (χ0v) is 11.9. The van der Waals surface area contributed by atoms with E-state index in [4.69, 9.17) is 10.5 Å². The molecule has 3 heteroatoms. The van der Waals surface area contributed by atoms with Crippen molar-refractivity contribution in [1.29, 1.82) is 0 Å². The van der Waals surface area contributed by atoms with Crippen LogP contribution in [0.3, 0.4) is 0 Å². The van der Waals surface area contributed by atoms with Crippen LogP contribution < -0.4 is 10.6 Å². The zero-order valence-electron chi connectivity index (χ0n) is 11.9. The van der Waals surface area contributed by atoms with Gasteiger partial charge in [0.05, 0.1) is 11.7 Å². The summed E-state index contributed by atoms with van der Waals surface area (Å²) in [5.41, 5.74) is 9.58. The van der Waals surface area contributed by atoms with Gasteiger partial charge in [0.2, 0.25) is 0 Å². The minimum absolute atomic E-state index is 0.105. The number of aryl methyl sites for hydroxylation is 1. The van der Waals surface area contributed by atoms with Crippen LogP contribution in [0.15, 0.2) is 18.2 Å². The van der Waals surface area contributed by atoms with Crippen molar-refractivity contribution in [2.24, 2.45) is 5.73 Å². The lowest BCUT2D eigenvalue weighted by atomic mass is 10.0. The topological polar surface area (TPSA) is 38.5 Å². The van der Waals surface area contributed by atoms with Gasteiger partial charge in [-0.3, -0.25) is 0 Å². The number of nitrogens with zero attached hydrogens (tertiary/aromatic N) is 1. The number of morpholine rings is 1. The molecule has 0 spiro atoms. The molecule has 1 saturated heterocycles. The highest BCUT2D eigenvalue weighted by Crippen LogP contribution is 2.30. The number of rotatable bonds is 2. The average molecular weight is 248 g/mol. The fourth-order valence-corrected chi connectivity index (χ4v) is 2.96. The van der Waals surface area contributed by atoms with Crippen LogP contribution in [0.4, 0.5) is 5.69 Å². The molecule has 1 unspecified atom stereocenters. The Morgan fingerprint density at radius 2 is 2.17 bits per heavy atom. The van der Waals surface area contributed by atoms with Gasteiger partial charge >= 0.3 is 0 Å².